The Balaban J connectivity index is 0.802. The van der Waals surface area contributed by atoms with Crippen LogP contribution < -0.4 is 15.4 Å². The van der Waals surface area contributed by atoms with Crippen LogP contribution in [0.5, 0.6) is 5.75 Å². The van der Waals surface area contributed by atoms with Gasteiger partial charge in [0.2, 0.25) is 29.4 Å². The number of nitrogens with one attached hydrogen (secondary N) is 2. The highest BCUT2D eigenvalue weighted by Gasteiger charge is 2.76. The van der Waals surface area contributed by atoms with Crippen molar-refractivity contribution >= 4 is 46.7 Å². The number of likely N-dealkylation sites (tertiary alicyclic amines) is 1. The second-order valence-electron chi connectivity index (χ2n) is 21.9. The van der Waals surface area contributed by atoms with Crippen molar-refractivity contribution in [2.45, 2.75) is 136 Å². The number of fused-ring (bicyclic) bond motifs is 7. The third-order valence-corrected chi connectivity index (χ3v) is 16.5. The lowest BCUT2D eigenvalue weighted by Gasteiger charge is -2.59. The van der Waals surface area contributed by atoms with Crippen LogP contribution in [0.2, 0.25) is 0 Å². The van der Waals surface area contributed by atoms with Crippen LogP contribution in [0.15, 0.2) is 48.1 Å². The first-order valence-electron chi connectivity index (χ1n) is 26.8. The molecule has 6 aliphatic rings. The van der Waals surface area contributed by atoms with Crippen molar-refractivity contribution in [1.82, 2.24) is 10.2 Å². The van der Waals surface area contributed by atoms with Crippen molar-refractivity contribution < 1.29 is 71.8 Å². The van der Waals surface area contributed by atoms with Crippen molar-refractivity contribution in [3.05, 3.63) is 48.1 Å². The molecule has 2 saturated heterocycles. The van der Waals surface area contributed by atoms with E-state index in [1.54, 1.807) is 50.3 Å². The number of carbonyl (C=O) groups excluding carboxylic acids is 7. The van der Waals surface area contributed by atoms with Crippen LogP contribution in [0.4, 0.5) is 5.69 Å². The molecule has 1 aromatic rings. The number of ketones is 3. The Labute approximate surface area is 435 Å². The molecule has 0 bridgehead atoms. The second-order valence-corrected chi connectivity index (χ2v) is 21.9. The summed E-state index contributed by atoms with van der Waals surface area (Å²) in [7, 11) is 0. The third-order valence-electron chi connectivity index (χ3n) is 16.5. The average Bonchev–Trinajstić information content (AvgIpc) is 3.94. The van der Waals surface area contributed by atoms with E-state index in [2.05, 4.69) is 24.5 Å². The quantitative estimate of drug-likeness (QED) is 0.0712. The Morgan fingerprint density at radius 3 is 2.22 bits per heavy atom. The summed E-state index contributed by atoms with van der Waals surface area (Å²) in [5.41, 5.74) is -0.949. The number of allylic oxidation sites excluding steroid dienone is 4. The Hall–Kier alpha value is -4.69. The maximum atomic E-state index is 14.7. The molecule has 2 aliphatic heterocycles. The number of rotatable bonds is 28. The standard InChI is InChI=1S/C56H79N3O15/c1-8-9-49-73-46-31-42-41-15-10-37-30-39(60)16-18-54(37,6)50(41)44(62)32-55(42,7)56(46,74-49)45(63)33-72-40-13-11-38(12-14-40)57-52(66)35(4)28-43(61)51(34(2)3)58-47(64)17-20-68-22-24-70-26-27-71-25-23-69-21-19-59-48(65)29-36(5)53(59)67/h11-14,16,18,30,34-36,41-42,44,46,49-51,62H,8-10,15,17,19-29,31-33H2,1-7H3,(H,57,66)(H,58,64)/t35-,36?,41+,42+,44+,46-,49-,50-,51+,54+,55+,56-/m1/s1. The molecule has 12 atom stereocenters. The monoisotopic (exact) mass is 1030 g/mol. The molecule has 3 N–H and O–H groups in total. The minimum absolute atomic E-state index is 0.0184. The highest BCUT2D eigenvalue weighted by atomic mass is 16.7. The van der Waals surface area contributed by atoms with Crippen molar-refractivity contribution in [1.29, 1.82) is 0 Å². The predicted octanol–water partition coefficient (Wildman–Crippen LogP) is 5.33. The summed E-state index contributed by atoms with van der Waals surface area (Å²) >= 11 is 0. The van der Waals surface area contributed by atoms with Gasteiger partial charge in [-0.2, -0.15) is 0 Å². The summed E-state index contributed by atoms with van der Waals surface area (Å²) in [6.45, 7) is 15.6. The molecule has 18 nitrogen and oxygen atoms in total. The van der Waals surface area contributed by atoms with Crippen LogP contribution >= 0.6 is 0 Å². The molecule has 0 spiro atoms. The number of aliphatic hydroxyl groups is 1. The van der Waals surface area contributed by atoms with Crippen molar-refractivity contribution in [2.75, 3.05) is 71.3 Å². The number of benzene rings is 1. The molecule has 1 unspecified atom stereocenters. The first-order valence-corrected chi connectivity index (χ1v) is 26.8. The molecule has 408 valence electrons. The summed E-state index contributed by atoms with van der Waals surface area (Å²) in [5.74, 6) is -2.30. The molecule has 74 heavy (non-hydrogen) atoms. The minimum Gasteiger partial charge on any atom is -0.486 e. The van der Waals surface area contributed by atoms with Crippen molar-refractivity contribution in [3.63, 3.8) is 0 Å². The molecule has 7 rings (SSSR count). The SMILES string of the molecule is CCC[C@@H]1O[C@@H]2C[C@H]3[C@@H]4CCC5=CC(=O)C=C[C@]5(C)[C@H]4[C@@H](O)C[C@]3(C)[C@]2(C(=O)COc2ccc(NC(=O)[C@H](C)CC(=O)[C@@H](NC(=O)CCOCCOCCOCCOCCN3C(=O)CC(C)C3=O)C(C)C)cc2)O1. The zero-order valence-electron chi connectivity index (χ0n) is 44.4. The summed E-state index contributed by atoms with van der Waals surface area (Å²) in [6.07, 6.45) is 7.75. The van der Waals surface area contributed by atoms with E-state index in [0.717, 1.165) is 24.8 Å². The lowest BCUT2D eigenvalue weighted by atomic mass is 9.46. The zero-order valence-corrected chi connectivity index (χ0v) is 44.4. The van der Waals surface area contributed by atoms with E-state index in [0.29, 0.717) is 63.7 Å². The fourth-order valence-corrected chi connectivity index (χ4v) is 12.7. The predicted molar refractivity (Wildman–Crippen MR) is 270 cm³/mol. The fraction of sp³-hybridized carbons (Fsp3) is 0.696. The number of anilines is 1. The van der Waals surface area contributed by atoms with E-state index < -0.39 is 46.9 Å². The molecule has 4 aliphatic carbocycles. The minimum atomic E-state index is -1.32. The van der Waals surface area contributed by atoms with Crippen LogP contribution in [0.3, 0.4) is 0 Å². The maximum absolute atomic E-state index is 14.7. The lowest BCUT2D eigenvalue weighted by Crippen LogP contribution is -2.63. The van der Waals surface area contributed by atoms with Gasteiger partial charge in [-0.15, -0.1) is 0 Å². The van der Waals surface area contributed by atoms with Gasteiger partial charge >= 0.3 is 0 Å². The van der Waals surface area contributed by atoms with E-state index in [-0.39, 0.29) is 123 Å². The summed E-state index contributed by atoms with van der Waals surface area (Å²) in [5, 5.41) is 17.7. The van der Waals surface area contributed by atoms with Gasteiger partial charge in [-0.3, -0.25) is 38.5 Å². The summed E-state index contributed by atoms with van der Waals surface area (Å²) in [6, 6.07) is 5.87. The normalized spacial score (nSPS) is 30.8. The molecule has 2 heterocycles. The first-order chi connectivity index (χ1) is 35.3. The van der Waals surface area contributed by atoms with Crippen LogP contribution in [0.25, 0.3) is 0 Å². The van der Waals surface area contributed by atoms with Gasteiger partial charge < -0.3 is 48.9 Å². The topological polar surface area (TPSA) is 232 Å². The molecule has 0 aromatic heterocycles. The summed E-state index contributed by atoms with van der Waals surface area (Å²) < 4.78 is 41.5. The van der Waals surface area contributed by atoms with E-state index in [1.807, 2.05) is 26.8 Å². The van der Waals surface area contributed by atoms with Gasteiger partial charge in [-0.1, -0.05) is 66.5 Å². The van der Waals surface area contributed by atoms with Gasteiger partial charge in [0, 0.05) is 53.5 Å². The van der Waals surface area contributed by atoms with Crippen LogP contribution in [0.1, 0.15) is 106 Å². The number of carbonyl (C=O) groups is 7. The smallest absolute Gasteiger partial charge is 0.232 e. The average molecular weight is 1030 g/mol. The Morgan fingerprint density at radius 2 is 1.58 bits per heavy atom. The van der Waals surface area contributed by atoms with E-state index >= 15 is 0 Å². The highest BCUT2D eigenvalue weighted by Crippen LogP contribution is 2.69. The number of hydrogen-bond acceptors (Lipinski definition) is 15. The van der Waals surface area contributed by atoms with Gasteiger partial charge in [0.1, 0.15) is 12.4 Å². The van der Waals surface area contributed by atoms with Gasteiger partial charge in [0.25, 0.3) is 0 Å². The highest BCUT2D eigenvalue weighted by molar-refractivity contribution is 6.03. The number of Topliss-reactive ketones (excluding diaryl/α,β-unsaturated/α-hetero) is 2. The Kier molecular flexibility index (Phi) is 19.2. The largest absolute Gasteiger partial charge is 0.486 e. The molecule has 1 aromatic carbocycles. The number of imide groups is 1. The van der Waals surface area contributed by atoms with E-state index in [9.17, 15) is 38.7 Å². The van der Waals surface area contributed by atoms with Crippen molar-refractivity contribution in [3.8, 4) is 5.75 Å². The van der Waals surface area contributed by atoms with Crippen LogP contribution in [-0.2, 0) is 62.0 Å². The summed E-state index contributed by atoms with van der Waals surface area (Å²) in [4.78, 5) is 91.6. The van der Waals surface area contributed by atoms with Crippen LogP contribution in [0, 0.1) is 46.3 Å². The van der Waals surface area contributed by atoms with Gasteiger partial charge in [0.05, 0.1) is 77.6 Å². The van der Waals surface area contributed by atoms with E-state index in [1.165, 1.54) is 4.90 Å². The first kappa shape index (κ1) is 57.0. The molecule has 5 fully saturated rings. The molecule has 3 saturated carbocycles. The number of ether oxygens (including phenoxy) is 7. The van der Waals surface area contributed by atoms with Crippen molar-refractivity contribution in [2.24, 2.45) is 46.3 Å². The number of amides is 4. The molecular weight excluding hydrogens is 955 g/mol. The molecule has 4 amide bonds. The molecule has 18 heteroatoms. The number of nitrogens with zero attached hydrogens (tertiary/aromatic N) is 1. The Bertz CT molecular complexity index is 2270. The number of hydrogen-bond donors (Lipinski definition) is 3. The Morgan fingerprint density at radius 1 is 0.919 bits per heavy atom. The number of aliphatic hydroxyl groups excluding tert-OH is 1. The second kappa shape index (κ2) is 25.0. The zero-order chi connectivity index (χ0) is 53.4. The fourth-order valence-electron chi connectivity index (χ4n) is 12.7. The van der Waals surface area contributed by atoms with Crippen LogP contribution in [-0.4, -0.2) is 147 Å². The maximum Gasteiger partial charge on any atom is 0.232 e. The van der Waals surface area contributed by atoms with Gasteiger partial charge in [-0.25, -0.2) is 0 Å². The third kappa shape index (κ3) is 12.4. The lowest BCUT2D eigenvalue weighted by molar-refractivity contribution is -0.200. The molecular formula is C56H79N3O15. The van der Waals surface area contributed by atoms with Gasteiger partial charge in [-0.05, 0) is 86.3 Å². The molecule has 0 radical (unpaired) electrons. The van der Waals surface area contributed by atoms with Gasteiger partial charge in [0.15, 0.2) is 23.5 Å². The van der Waals surface area contributed by atoms with E-state index in [4.69, 9.17) is 33.2 Å².